The second-order valence-corrected chi connectivity index (χ2v) is 6.99. The first kappa shape index (κ1) is 18.9. The third-order valence-electron chi connectivity index (χ3n) is 4.50. The minimum atomic E-state index is -0.0401. The minimum Gasteiger partial charge on any atom is -0.497 e. The molecule has 0 bridgehead atoms. The number of hydrogen-bond acceptors (Lipinski definition) is 6. The molecule has 3 rings (SSSR count). The standard InChI is InChI=1S/C20H27N5O2/c1-14(2)21-20-22-15(3)13-18(23-20)19(26)25-11-9-24(10-12-25)16-5-7-17(27-4)8-6-16/h5-8,13-14H,9-12H2,1-4H3,(H,21,22,23). The fourth-order valence-electron chi connectivity index (χ4n) is 3.12. The van der Waals surface area contributed by atoms with Crippen molar-refractivity contribution in [3.05, 3.63) is 41.7 Å². The number of nitrogens with one attached hydrogen (secondary N) is 1. The Morgan fingerprint density at radius 3 is 2.37 bits per heavy atom. The Balaban J connectivity index is 1.65. The number of rotatable bonds is 5. The van der Waals surface area contributed by atoms with Gasteiger partial charge in [-0.25, -0.2) is 9.97 Å². The molecule has 27 heavy (non-hydrogen) atoms. The summed E-state index contributed by atoms with van der Waals surface area (Å²) in [6.07, 6.45) is 0. The van der Waals surface area contributed by atoms with Crippen LogP contribution in [0.25, 0.3) is 0 Å². The Hall–Kier alpha value is -2.83. The molecule has 1 saturated heterocycles. The monoisotopic (exact) mass is 369 g/mol. The number of methoxy groups -OCH3 is 1. The minimum absolute atomic E-state index is 0.0401. The van der Waals surface area contributed by atoms with Crippen molar-refractivity contribution in [2.75, 3.05) is 43.5 Å². The zero-order valence-corrected chi connectivity index (χ0v) is 16.4. The molecule has 0 atom stereocenters. The van der Waals surface area contributed by atoms with Gasteiger partial charge in [-0.15, -0.1) is 0 Å². The van der Waals surface area contributed by atoms with Crippen molar-refractivity contribution in [2.24, 2.45) is 0 Å². The summed E-state index contributed by atoms with van der Waals surface area (Å²) in [5, 5.41) is 3.17. The lowest BCUT2D eigenvalue weighted by Gasteiger charge is -2.36. The molecule has 1 N–H and O–H groups in total. The third-order valence-corrected chi connectivity index (χ3v) is 4.50. The van der Waals surface area contributed by atoms with Crippen molar-refractivity contribution in [1.82, 2.24) is 14.9 Å². The van der Waals surface area contributed by atoms with Crippen molar-refractivity contribution in [2.45, 2.75) is 26.8 Å². The molecule has 0 radical (unpaired) electrons. The summed E-state index contributed by atoms with van der Waals surface area (Å²) in [6, 6.07) is 9.98. The van der Waals surface area contributed by atoms with E-state index in [0.717, 1.165) is 30.2 Å². The predicted octanol–water partition coefficient (Wildman–Crippen LogP) is 2.58. The Kier molecular flexibility index (Phi) is 5.78. The quantitative estimate of drug-likeness (QED) is 0.874. The molecule has 0 saturated carbocycles. The largest absolute Gasteiger partial charge is 0.497 e. The number of carbonyl (C=O) groups excluding carboxylic acids is 1. The number of amides is 1. The Morgan fingerprint density at radius 2 is 1.78 bits per heavy atom. The topological polar surface area (TPSA) is 70.6 Å². The first-order valence-electron chi connectivity index (χ1n) is 9.27. The number of aromatic nitrogens is 2. The van der Waals surface area contributed by atoms with E-state index in [1.165, 1.54) is 0 Å². The molecular weight excluding hydrogens is 342 g/mol. The van der Waals surface area contributed by atoms with Gasteiger partial charge in [-0.05, 0) is 51.1 Å². The van der Waals surface area contributed by atoms with Crippen LogP contribution in [0.3, 0.4) is 0 Å². The number of ether oxygens (including phenoxy) is 1. The number of carbonyl (C=O) groups is 1. The van der Waals surface area contributed by atoms with Crippen LogP contribution in [0.4, 0.5) is 11.6 Å². The van der Waals surface area contributed by atoms with E-state index in [1.54, 1.807) is 13.2 Å². The molecule has 0 aliphatic carbocycles. The van der Waals surface area contributed by atoms with Crippen LogP contribution in [0.1, 0.15) is 30.0 Å². The van der Waals surface area contributed by atoms with Crippen molar-refractivity contribution >= 4 is 17.5 Å². The Labute approximate surface area is 160 Å². The molecule has 1 aromatic carbocycles. The van der Waals surface area contributed by atoms with E-state index in [9.17, 15) is 4.79 Å². The molecular formula is C20H27N5O2. The van der Waals surface area contributed by atoms with Crippen molar-refractivity contribution < 1.29 is 9.53 Å². The van der Waals surface area contributed by atoms with E-state index in [2.05, 4.69) is 20.2 Å². The smallest absolute Gasteiger partial charge is 0.272 e. The molecule has 1 aromatic heterocycles. The normalized spacial score (nSPS) is 14.4. The summed E-state index contributed by atoms with van der Waals surface area (Å²) in [6.45, 7) is 8.84. The first-order valence-corrected chi connectivity index (χ1v) is 9.27. The van der Waals surface area contributed by atoms with Gasteiger partial charge in [-0.3, -0.25) is 4.79 Å². The van der Waals surface area contributed by atoms with E-state index in [0.29, 0.717) is 24.7 Å². The maximum atomic E-state index is 12.9. The van der Waals surface area contributed by atoms with Gasteiger partial charge in [0.15, 0.2) is 0 Å². The van der Waals surface area contributed by atoms with E-state index >= 15 is 0 Å². The molecule has 1 aliphatic heterocycles. The maximum absolute atomic E-state index is 12.9. The molecule has 2 aromatic rings. The Morgan fingerprint density at radius 1 is 1.11 bits per heavy atom. The third kappa shape index (κ3) is 4.67. The summed E-state index contributed by atoms with van der Waals surface area (Å²) < 4.78 is 5.21. The molecule has 1 fully saturated rings. The van der Waals surface area contributed by atoms with Gasteiger partial charge >= 0.3 is 0 Å². The van der Waals surface area contributed by atoms with Gasteiger partial charge in [0, 0.05) is 43.6 Å². The highest BCUT2D eigenvalue weighted by atomic mass is 16.5. The molecule has 7 heteroatoms. The van der Waals surface area contributed by atoms with Gasteiger partial charge in [-0.1, -0.05) is 0 Å². The van der Waals surface area contributed by atoms with E-state index < -0.39 is 0 Å². The average molecular weight is 369 g/mol. The van der Waals surface area contributed by atoms with Crippen LogP contribution < -0.4 is 15.0 Å². The lowest BCUT2D eigenvalue weighted by atomic mass is 10.2. The van der Waals surface area contributed by atoms with Gasteiger partial charge in [0.1, 0.15) is 11.4 Å². The number of nitrogens with zero attached hydrogens (tertiary/aromatic N) is 4. The average Bonchev–Trinajstić information content (AvgIpc) is 2.66. The van der Waals surface area contributed by atoms with Crippen LogP contribution in [-0.4, -0.2) is 60.1 Å². The van der Waals surface area contributed by atoms with Gasteiger partial charge in [0.25, 0.3) is 5.91 Å². The van der Waals surface area contributed by atoms with Gasteiger partial charge in [0.2, 0.25) is 5.95 Å². The van der Waals surface area contributed by atoms with Gasteiger partial charge in [-0.2, -0.15) is 0 Å². The summed E-state index contributed by atoms with van der Waals surface area (Å²) in [7, 11) is 1.66. The number of hydrogen-bond donors (Lipinski definition) is 1. The summed E-state index contributed by atoms with van der Waals surface area (Å²) >= 11 is 0. The fraction of sp³-hybridized carbons (Fsp3) is 0.450. The summed E-state index contributed by atoms with van der Waals surface area (Å²) in [5.41, 5.74) is 2.38. The zero-order chi connectivity index (χ0) is 19.4. The summed E-state index contributed by atoms with van der Waals surface area (Å²) in [5.74, 6) is 1.31. The van der Waals surface area contributed by atoms with Crippen LogP contribution in [0, 0.1) is 6.92 Å². The molecule has 1 aliphatic rings. The Bertz CT molecular complexity index is 783. The van der Waals surface area contributed by atoms with Crippen molar-refractivity contribution in [3.8, 4) is 5.75 Å². The molecule has 7 nitrogen and oxygen atoms in total. The highest BCUT2D eigenvalue weighted by Gasteiger charge is 2.24. The van der Waals surface area contributed by atoms with E-state index in [1.807, 2.05) is 49.9 Å². The van der Waals surface area contributed by atoms with Crippen LogP contribution in [-0.2, 0) is 0 Å². The zero-order valence-electron chi connectivity index (χ0n) is 16.4. The van der Waals surface area contributed by atoms with Crippen LogP contribution in [0.15, 0.2) is 30.3 Å². The fourth-order valence-corrected chi connectivity index (χ4v) is 3.12. The van der Waals surface area contributed by atoms with Gasteiger partial charge < -0.3 is 19.9 Å². The molecule has 144 valence electrons. The van der Waals surface area contributed by atoms with Crippen molar-refractivity contribution in [3.63, 3.8) is 0 Å². The maximum Gasteiger partial charge on any atom is 0.272 e. The van der Waals surface area contributed by atoms with E-state index in [-0.39, 0.29) is 11.9 Å². The molecule has 0 unspecified atom stereocenters. The summed E-state index contributed by atoms with van der Waals surface area (Å²) in [4.78, 5) is 25.8. The molecule has 2 heterocycles. The molecule has 1 amide bonds. The highest BCUT2D eigenvalue weighted by Crippen LogP contribution is 2.21. The van der Waals surface area contributed by atoms with Crippen LogP contribution in [0.5, 0.6) is 5.75 Å². The number of aryl methyl sites for hydroxylation is 1. The first-order chi connectivity index (χ1) is 13.0. The molecule has 0 spiro atoms. The van der Waals surface area contributed by atoms with Crippen molar-refractivity contribution in [1.29, 1.82) is 0 Å². The highest BCUT2D eigenvalue weighted by molar-refractivity contribution is 5.92. The predicted molar refractivity (Wildman–Crippen MR) is 107 cm³/mol. The second-order valence-electron chi connectivity index (χ2n) is 6.99. The second kappa shape index (κ2) is 8.24. The van der Waals surface area contributed by atoms with E-state index in [4.69, 9.17) is 4.74 Å². The number of piperazine rings is 1. The number of anilines is 2. The lowest BCUT2D eigenvalue weighted by molar-refractivity contribution is 0.0740. The lowest BCUT2D eigenvalue weighted by Crippen LogP contribution is -2.49. The van der Waals surface area contributed by atoms with Crippen LogP contribution in [0.2, 0.25) is 0 Å². The van der Waals surface area contributed by atoms with Crippen LogP contribution >= 0.6 is 0 Å². The number of benzene rings is 1. The van der Waals surface area contributed by atoms with Gasteiger partial charge in [0.05, 0.1) is 7.11 Å². The SMILES string of the molecule is COc1ccc(N2CCN(C(=O)c3cc(C)nc(NC(C)C)n3)CC2)cc1.